The Labute approximate surface area is 161 Å². The van der Waals surface area contributed by atoms with Gasteiger partial charge in [-0.25, -0.2) is 4.39 Å². The van der Waals surface area contributed by atoms with E-state index in [1.165, 1.54) is 19.2 Å². The van der Waals surface area contributed by atoms with Crippen molar-refractivity contribution in [2.45, 2.75) is 6.54 Å². The third-order valence-corrected chi connectivity index (χ3v) is 4.01. The molecule has 0 spiro atoms. The van der Waals surface area contributed by atoms with Crippen molar-refractivity contribution < 1.29 is 18.7 Å². The Morgan fingerprint density at radius 2 is 1.89 bits per heavy atom. The number of benzene rings is 2. The van der Waals surface area contributed by atoms with E-state index < -0.39 is 11.7 Å². The van der Waals surface area contributed by atoms with Crippen LogP contribution in [0.5, 0.6) is 5.75 Å². The normalized spacial score (nSPS) is 10.2. The lowest BCUT2D eigenvalue weighted by atomic mass is 10.1. The molecule has 2 N–H and O–H groups in total. The van der Waals surface area contributed by atoms with E-state index >= 15 is 0 Å². The van der Waals surface area contributed by atoms with Gasteiger partial charge in [0.15, 0.2) is 11.6 Å². The molecule has 0 unspecified atom stereocenters. The third-order valence-electron chi connectivity index (χ3n) is 4.01. The van der Waals surface area contributed by atoms with E-state index in [4.69, 9.17) is 4.74 Å². The standard InChI is InChI=1S/C21H18FN3O3/c1-28-19-9-8-15(11-17(19)22)20(26)25-18-7-3-2-6-16(18)21(27)24-13-14-5-4-10-23-12-14/h2-12H,13H2,1H3,(H,24,27)(H,25,26). The number of aromatic nitrogens is 1. The van der Waals surface area contributed by atoms with Crippen LogP contribution < -0.4 is 15.4 Å². The molecule has 0 fully saturated rings. The molecule has 28 heavy (non-hydrogen) atoms. The number of carbonyl (C=O) groups is 2. The maximum absolute atomic E-state index is 13.8. The van der Waals surface area contributed by atoms with Crippen molar-refractivity contribution in [2.75, 3.05) is 12.4 Å². The molecule has 1 aromatic heterocycles. The summed E-state index contributed by atoms with van der Waals surface area (Å²) in [6, 6.07) is 14.1. The fourth-order valence-electron chi connectivity index (χ4n) is 2.57. The number of ether oxygens (including phenoxy) is 1. The predicted molar refractivity (Wildman–Crippen MR) is 103 cm³/mol. The Morgan fingerprint density at radius 1 is 1.07 bits per heavy atom. The van der Waals surface area contributed by atoms with Gasteiger partial charge in [0, 0.05) is 24.5 Å². The molecule has 3 aromatic rings. The lowest BCUT2D eigenvalue weighted by molar-refractivity contribution is 0.0951. The van der Waals surface area contributed by atoms with E-state index in [9.17, 15) is 14.0 Å². The van der Waals surface area contributed by atoms with Crippen molar-refractivity contribution in [1.29, 1.82) is 0 Å². The molecule has 1 heterocycles. The van der Waals surface area contributed by atoms with Crippen LogP contribution in [0.3, 0.4) is 0 Å². The molecule has 142 valence electrons. The van der Waals surface area contributed by atoms with Crippen molar-refractivity contribution >= 4 is 17.5 Å². The van der Waals surface area contributed by atoms with Crippen LogP contribution in [-0.2, 0) is 6.54 Å². The molecule has 7 heteroatoms. The average Bonchev–Trinajstić information content (AvgIpc) is 2.73. The van der Waals surface area contributed by atoms with Crippen LogP contribution in [0.1, 0.15) is 26.3 Å². The summed E-state index contributed by atoms with van der Waals surface area (Å²) in [6.07, 6.45) is 3.31. The molecule has 0 bridgehead atoms. The molecule has 0 saturated carbocycles. The van der Waals surface area contributed by atoms with E-state index in [1.54, 1.807) is 42.7 Å². The van der Waals surface area contributed by atoms with Crippen molar-refractivity contribution in [1.82, 2.24) is 10.3 Å². The topological polar surface area (TPSA) is 80.3 Å². The number of amides is 2. The zero-order valence-corrected chi connectivity index (χ0v) is 15.1. The smallest absolute Gasteiger partial charge is 0.255 e. The molecular formula is C21H18FN3O3. The highest BCUT2D eigenvalue weighted by atomic mass is 19.1. The molecule has 0 aliphatic rings. The lowest BCUT2D eigenvalue weighted by Crippen LogP contribution is -2.25. The zero-order valence-electron chi connectivity index (χ0n) is 15.1. The van der Waals surface area contributed by atoms with Gasteiger partial charge in [0.25, 0.3) is 11.8 Å². The summed E-state index contributed by atoms with van der Waals surface area (Å²) < 4.78 is 18.7. The largest absolute Gasteiger partial charge is 0.494 e. The first kappa shape index (κ1) is 19.0. The summed E-state index contributed by atoms with van der Waals surface area (Å²) >= 11 is 0. The Kier molecular flexibility index (Phi) is 5.96. The zero-order chi connectivity index (χ0) is 19.9. The van der Waals surface area contributed by atoms with Gasteiger partial charge in [-0.3, -0.25) is 14.6 Å². The van der Waals surface area contributed by atoms with Gasteiger partial charge < -0.3 is 15.4 Å². The average molecular weight is 379 g/mol. The van der Waals surface area contributed by atoms with E-state index in [2.05, 4.69) is 15.6 Å². The molecule has 0 radical (unpaired) electrons. The maximum atomic E-state index is 13.8. The second-order valence-corrected chi connectivity index (χ2v) is 5.89. The fraction of sp³-hybridized carbons (Fsp3) is 0.0952. The van der Waals surface area contributed by atoms with Crippen LogP contribution >= 0.6 is 0 Å². The summed E-state index contributed by atoms with van der Waals surface area (Å²) in [5.41, 5.74) is 1.59. The van der Waals surface area contributed by atoms with E-state index in [0.29, 0.717) is 17.8 Å². The molecular weight excluding hydrogens is 361 g/mol. The minimum absolute atomic E-state index is 0.0479. The summed E-state index contributed by atoms with van der Waals surface area (Å²) in [6.45, 7) is 0.304. The molecule has 2 amide bonds. The number of para-hydroxylation sites is 1. The highest BCUT2D eigenvalue weighted by Gasteiger charge is 2.15. The first-order valence-electron chi connectivity index (χ1n) is 8.49. The summed E-state index contributed by atoms with van der Waals surface area (Å²) in [5.74, 6) is -1.47. The highest BCUT2D eigenvalue weighted by Crippen LogP contribution is 2.20. The quantitative estimate of drug-likeness (QED) is 0.688. The lowest BCUT2D eigenvalue weighted by Gasteiger charge is -2.12. The second kappa shape index (κ2) is 8.77. The summed E-state index contributed by atoms with van der Waals surface area (Å²) in [7, 11) is 1.35. The van der Waals surface area contributed by atoms with Crippen molar-refractivity contribution in [3.05, 3.63) is 89.5 Å². The van der Waals surface area contributed by atoms with E-state index in [-0.39, 0.29) is 17.2 Å². The SMILES string of the molecule is COc1ccc(C(=O)Nc2ccccc2C(=O)NCc2cccnc2)cc1F. The van der Waals surface area contributed by atoms with Crippen molar-refractivity contribution in [2.24, 2.45) is 0 Å². The Balaban J connectivity index is 1.73. The highest BCUT2D eigenvalue weighted by molar-refractivity contribution is 6.09. The van der Waals surface area contributed by atoms with Gasteiger partial charge in [-0.2, -0.15) is 0 Å². The Hall–Kier alpha value is -3.74. The minimum Gasteiger partial charge on any atom is -0.494 e. The van der Waals surface area contributed by atoms with Crippen LogP contribution in [0, 0.1) is 5.82 Å². The van der Waals surface area contributed by atoms with Crippen molar-refractivity contribution in [3.63, 3.8) is 0 Å². The first-order valence-corrected chi connectivity index (χ1v) is 8.49. The van der Waals surface area contributed by atoms with Gasteiger partial charge in [-0.1, -0.05) is 18.2 Å². The maximum Gasteiger partial charge on any atom is 0.255 e. The fourth-order valence-corrected chi connectivity index (χ4v) is 2.57. The van der Waals surface area contributed by atoms with E-state index in [1.807, 2.05) is 6.07 Å². The molecule has 0 aliphatic carbocycles. The molecule has 0 atom stereocenters. The number of anilines is 1. The minimum atomic E-state index is -0.641. The molecule has 6 nitrogen and oxygen atoms in total. The summed E-state index contributed by atoms with van der Waals surface area (Å²) in [5, 5.41) is 5.44. The third kappa shape index (κ3) is 4.50. The van der Waals surface area contributed by atoms with Crippen LogP contribution in [0.25, 0.3) is 0 Å². The number of rotatable bonds is 6. The number of nitrogens with one attached hydrogen (secondary N) is 2. The van der Waals surface area contributed by atoms with Gasteiger partial charge in [0.1, 0.15) is 0 Å². The molecule has 0 saturated heterocycles. The summed E-state index contributed by atoms with van der Waals surface area (Å²) in [4.78, 5) is 29.0. The van der Waals surface area contributed by atoms with Crippen LogP contribution in [0.15, 0.2) is 67.0 Å². The monoisotopic (exact) mass is 379 g/mol. The second-order valence-electron chi connectivity index (χ2n) is 5.89. The van der Waals surface area contributed by atoms with Crippen LogP contribution in [0.4, 0.5) is 10.1 Å². The number of methoxy groups -OCH3 is 1. The number of nitrogens with zero attached hydrogens (tertiary/aromatic N) is 1. The van der Waals surface area contributed by atoms with Gasteiger partial charge in [0.2, 0.25) is 0 Å². The van der Waals surface area contributed by atoms with Crippen LogP contribution in [-0.4, -0.2) is 23.9 Å². The van der Waals surface area contributed by atoms with Gasteiger partial charge >= 0.3 is 0 Å². The van der Waals surface area contributed by atoms with E-state index in [0.717, 1.165) is 11.6 Å². The molecule has 3 rings (SSSR count). The predicted octanol–water partition coefficient (Wildman–Crippen LogP) is 3.41. The number of pyridine rings is 1. The number of carbonyl (C=O) groups excluding carboxylic acids is 2. The van der Waals surface area contributed by atoms with Crippen LogP contribution in [0.2, 0.25) is 0 Å². The number of hydrogen-bond donors (Lipinski definition) is 2. The number of halogens is 1. The van der Waals surface area contributed by atoms with Crippen molar-refractivity contribution in [3.8, 4) is 5.75 Å². The Bertz CT molecular complexity index is 993. The van der Waals surface area contributed by atoms with Gasteiger partial charge in [-0.05, 0) is 42.0 Å². The molecule has 2 aromatic carbocycles. The van der Waals surface area contributed by atoms with Gasteiger partial charge in [0.05, 0.1) is 18.4 Å². The Morgan fingerprint density at radius 3 is 2.61 bits per heavy atom. The first-order chi connectivity index (χ1) is 13.6. The molecule has 0 aliphatic heterocycles. The van der Waals surface area contributed by atoms with Gasteiger partial charge in [-0.15, -0.1) is 0 Å². The number of hydrogen-bond acceptors (Lipinski definition) is 4.